The van der Waals surface area contributed by atoms with E-state index in [9.17, 15) is 13.2 Å². The van der Waals surface area contributed by atoms with E-state index < -0.39 is 10.0 Å². The van der Waals surface area contributed by atoms with Gasteiger partial charge in [-0.05, 0) is 18.1 Å². The summed E-state index contributed by atoms with van der Waals surface area (Å²) in [5, 5.41) is 10.1. The second-order valence-electron chi connectivity index (χ2n) is 5.89. The molecule has 0 bridgehead atoms. The molecule has 0 unspecified atom stereocenters. The van der Waals surface area contributed by atoms with Crippen LogP contribution in [0.5, 0.6) is 0 Å². The highest BCUT2D eigenvalue weighted by Gasteiger charge is 2.20. The molecule has 1 heterocycles. The lowest BCUT2D eigenvalue weighted by molar-refractivity contribution is -0.118. The van der Waals surface area contributed by atoms with E-state index >= 15 is 0 Å². The van der Waals surface area contributed by atoms with E-state index in [1.807, 2.05) is 12.1 Å². The lowest BCUT2D eigenvalue weighted by Crippen LogP contribution is -2.26. The number of sulfonamides is 1. The average Bonchev–Trinajstić information content (AvgIpc) is 3.05. The van der Waals surface area contributed by atoms with Gasteiger partial charge in [0.25, 0.3) is 10.0 Å². The number of thioether (sulfide) groups is 1. The number of rotatable bonds is 9. The van der Waals surface area contributed by atoms with Crippen molar-refractivity contribution in [1.29, 1.82) is 0 Å². The zero-order valence-corrected chi connectivity index (χ0v) is 17.3. The van der Waals surface area contributed by atoms with Crippen molar-refractivity contribution in [2.75, 3.05) is 17.6 Å². The minimum Gasteiger partial charge on any atom is -0.300 e. The first kappa shape index (κ1) is 20.8. The number of hydrogen-bond acceptors (Lipinski definition) is 7. The van der Waals surface area contributed by atoms with Gasteiger partial charge in [-0.3, -0.25) is 4.79 Å². The third kappa shape index (κ3) is 6.04. The Bertz CT molecular complexity index is 850. The van der Waals surface area contributed by atoms with E-state index in [-0.39, 0.29) is 21.3 Å². The number of hydrogen-bond donors (Lipinski definition) is 2. The minimum atomic E-state index is -3.72. The van der Waals surface area contributed by atoms with E-state index in [1.54, 1.807) is 25.6 Å². The topological polar surface area (TPSA) is 101 Å². The second kappa shape index (κ2) is 9.45. The number of carbonyl (C=O) groups excluding carboxylic acids is 1. The molecule has 10 heteroatoms. The third-order valence-corrected chi connectivity index (χ3v) is 7.12. The van der Waals surface area contributed by atoms with Gasteiger partial charge in [0, 0.05) is 24.0 Å². The maximum absolute atomic E-state index is 12.2. The van der Waals surface area contributed by atoms with Gasteiger partial charge < -0.3 is 5.32 Å². The summed E-state index contributed by atoms with van der Waals surface area (Å²) in [6.45, 7) is 5.84. The lowest BCUT2D eigenvalue weighted by atomic mass is 10.1. The Morgan fingerprint density at radius 1 is 1.27 bits per heavy atom. The quantitative estimate of drug-likeness (QED) is 0.483. The van der Waals surface area contributed by atoms with Crippen LogP contribution in [0.3, 0.4) is 0 Å². The van der Waals surface area contributed by atoms with E-state index in [0.29, 0.717) is 12.3 Å². The monoisotopic (exact) mass is 414 g/mol. The highest BCUT2D eigenvalue weighted by atomic mass is 32.2. The number of aromatic nitrogens is 2. The zero-order chi connectivity index (χ0) is 19.2. The van der Waals surface area contributed by atoms with Gasteiger partial charge in [0.2, 0.25) is 15.4 Å². The highest BCUT2D eigenvalue weighted by Crippen LogP contribution is 2.20. The molecule has 0 spiro atoms. The molecule has 2 N–H and O–H groups in total. The molecular weight excluding hydrogens is 392 g/mol. The Morgan fingerprint density at radius 3 is 2.69 bits per heavy atom. The van der Waals surface area contributed by atoms with Gasteiger partial charge in [-0.1, -0.05) is 49.4 Å². The number of aryl methyl sites for hydroxylation is 1. The van der Waals surface area contributed by atoms with Crippen LogP contribution in [0.25, 0.3) is 0 Å². The summed E-state index contributed by atoms with van der Waals surface area (Å²) in [5.74, 6) is 1.02. The summed E-state index contributed by atoms with van der Waals surface area (Å²) in [6, 6.07) is 8.12. The second-order valence-corrected chi connectivity index (χ2v) is 9.92. The molecule has 0 fully saturated rings. The fraction of sp³-hybridized carbons (Fsp3) is 0.438. The Balaban J connectivity index is 1.81. The molecule has 2 rings (SSSR count). The Labute approximate surface area is 162 Å². The van der Waals surface area contributed by atoms with Gasteiger partial charge in [-0.25, -0.2) is 13.1 Å². The normalized spacial score (nSPS) is 11.7. The van der Waals surface area contributed by atoms with Gasteiger partial charge in [0.15, 0.2) is 0 Å². The van der Waals surface area contributed by atoms with Gasteiger partial charge in [-0.2, -0.15) is 11.8 Å². The summed E-state index contributed by atoms with van der Waals surface area (Å²) in [6.07, 6.45) is 0. The lowest BCUT2D eigenvalue weighted by Gasteiger charge is -2.06. The molecule has 1 aromatic heterocycles. The van der Waals surface area contributed by atoms with Crippen molar-refractivity contribution in [2.24, 2.45) is 5.92 Å². The standard InChI is InChI=1S/C16H22N4O3S3/c1-11(2)14(21)18-15-19-20-16(25-15)26(22,23)17-8-9-24-10-13-7-5-4-6-12(13)3/h4-7,11,17H,8-10H2,1-3H3,(H,18,19,21). The Kier molecular flexibility index (Phi) is 7.56. The molecule has 0 saturated heterocycles. The van der Waals surface area contributed by atoms with Crippen molar-refractivity contribution in [3.8, 4) is 0 Å². The van der Waals surface area contributed by atoms with Crippen LogP contribution in [-0.2, 0) is 20.6 Å². The van der Waals surface area contributed by atoms with Crippen LogP contribution < -0.4 is 10.0 Å². The SMILES string of the molecule is Cc1ccccc1CSCCNS(=O)(=O)c1nnc(NC(=O)C(C)C)s1. The van der Waals surface area contributed by atoms with E-state index in [0.717, 1.165) is 17.1 Å². The van der Waals surface area contributed by atoms with Crippen molar-refractivity contribution in [2.45, 2.75) is 30.9 Å². The number of anilines is 1. The van der Waals surface area contributed by atoms with Crippen LogP contribution >= 0.6 is 23.1 Å². The smallest absolute Gasteiger partial charge is 0.269 e. The Morgan fingerprint density at radius 2 is 2.00 bits per heavy atom. The summed E-state index contributed by atoms with van der Waals surface area (Å²) in [4.78, 5) is 11.6. The predicted octanol–water partition coefficient (Wildman–Crippen LogP) is 2.65. The maximum Gasteiger partial charge on any atom is 0.269 e. The number of benzene rings is 1. The number of amides is 1. The zero-order valence-electron chi connectivity index (χ0n) is 14.9. The molecular formula is C16H22N4O3S3. The third-order valence-electron chi connectivity index (χ3n) is 3.45. The number of nitrogens with one attached hydrogen (secondary N) is 2. The molecule has 1 aromatic carbocycles. The molecule has 0 atom stereocenters. The van der Waals surface area contributed by atoms with Crippen molar-refractivity contribution >= 4 is 44.2 Å². The van der Waals surface area contributed by atoms with Gasteiger partial charge >= 0.3 is 0 Å². The molecule has 0 aliphatic carbocycles. The van der Waals surface area contributed by atoms with Crippen LogP contribution in [-0.4, -0.2) is 36.8 Å². The maximum atomic E-state index is 12.2. The molecule has 26 heavy (non-hydrogen) atoms. The first-order valence-electron chi connectivity index (χ1n) is 8.06. The van der Waals surface area contributed by atoms with E-state index in [2.05, 4.69) is 39.3 Å². The van der Waals surface area contributed by atoms with E-state index in [1.165, 1.54) is 11.1 Å². The Hall–Kier alpha value is -1.49. The minimum absolute atomic E-state index is 0.152. The largest absolute Gasteiger partial charge is 0.300 e. The summed E-state index contributed by atoms with van der Waals surface area (Å²) in [5.41, 5.74) is 2.47. The summed E-state index contributed by atoms with van der Waals surface area (Å²) >= 11 is 2.49. The van der Waals surface area contributed by atoms with Crippen LogP contribution in [0.4, 0.5) is 5.13 Å². The fourth-order valence-electron chi connectivity index (χ4n) is 1.88. The van der Waals surface area contributed by atoms with Crippen LogP contribution in [0, 0.1) is 12.8 Å². The van der Waals surface area contributed by atoms with Crippen molar-refractivity contribution in [1.82, 2.24) is 14.9 Å². The van der Waals surface area contributed by atoms with Gasteiger partial charge in [0.05, 0.1) is 0 Å². The van der Waals surface area contributed by atoms with Crippen molar-refractivity contribution in [3.05, 3.63) is 35.4 Å². The first-order valence-corrected chi connectivity index (χ1v) is 11.5. The van der Waals surface area contributed by atoms with Crippen molar-refractivity contribution < 1.29 is 13.2 Å². The molecule has 1 amide bonds. The van der Waals surface area contributed by atoms with E-state index in [4.69, 9.17) is 0 Å². The summed E-state index contributed by atoms with van der Waals surface area (Å²) < 4.78 is 26.8. The summed E-state index contributed by atoms with van der Waals surface area (Å²) in [7, 11) is -3.72. The van der Waals surface area contributed by atoms with Gasteiger partial charge in [0.1, 0.15) is 0 Å². The number of carbonyl (C=O) groups is 1. The first-order chi connectivity index (χ1) is 12.3. The highest BCUT2D eigenvalue weighted by molar-refractivity contribution is 7.98. The molecule has 0 aliphatic rings. The van der Waals surface area contributed by atoms with Gasteiger partial charge in [-0.15, -0.1) is 10.2 Å². The molecule has 142 valence electrons. The molecule has 0 saturated carbocycles. The predicted molar refractivity (Wildman–Crippen MR) is 106 cm³/mol. The molecule has 0 radical (unpaired) electrons. The molecule has 7 nitrogen and oxygen atoms in total. The fourth-order valence-corrected chi connectivity index (χ4v) is 4.92. The van der Waals surface area contributed by atoms with Crippen molar-refractivity contribution in [3.63, 3.8) is 0 Å². The van der Waals surface area contributed by atoms with Crippen LogP contribution in [0.2, 0.25) is 0 Å². The molecule has 0 aliphatic heterocycles. The average molecular weight is 415 g/mol. The number of nitrogens with zero attached hydrogens (tertiary/aromatic N) is 2. The van der Waals surface area contributed by atoms with Crippen LogP contribution in [0.15, 0.2) is 28.6 Å². The van der Waals surface area contributed by atoms with Crippen LogP contribution in [0.1, 0.15) is 25.0 Å². The molecule has 2 aromatic rings.